The van der Waals surface area contributed by atoms with E-state index in [-0.39, 0.29) is 23.7 Å². The first-order chi connectivity index (χ1) is 16.9. The molecule has 0 aromatic heterocycles. The topological polar surface area (TPSA) is 92.7 Å². The lowest BCUT2D eigenvalue weighted by Crippen LogP contribution is -2.60. The first-order valence-corrected chi connectivity index (χ1v) is 15.1. The number of sulfonamides is 1. The van der Waals surface area contributed by atoms with Gasteiger partial charge in [0.1, 0.15) is 6.10 Å². The van der Waals surface area contributed by atoms with Gasteiger partial charge in [-0.25, -0.2) is 13.1 Å². The fourth-order valence-electron chi connectivity index (χ4n) is 8.25. The molecule has 2 saturated carbocycles. The van der Waals surface area contributed by atoms with E-state index in [0.29, 0.717) is 23.8 Å². The first-order valence-electron chi connectivity index (χ1n) is 13.2. The minimum absolute atomic E-state index is 0.130. The van der Waals surface area contributed by atoms with Crippen molar-refractivity contribution < 1.29 is 23.1 Å². The van der Waals surface area contributed by atoms with E-state index >= 15 is 0 Å². The van der Waals surface area contributed by atoms with Crippen molar-refractivity contribution in [2.24, 2.45) is 46.8 Å². The summed E-state index contributed by atoms with van der Waals surface area (Å²) in [6.07, 6.45) is 6.55. The Morgan fingerprint density at radius 3 is 2.56 bits per heavy atom. The van der Waals surface area contributed by atoms with Gasteiger partial charge >= 0.3 is 5.97 Å². The molecule has 5 rings (SSSR count). The van der Waals surface area contributed by atoms with E-state index in [1.165, 1.54) is 0 Å². The van der Waals surface area contributed by atoms with Gasteiger partial charge in [0.25, 0.3) is 0 Å². The van der Waals surface area contributed by atoms with Crippen LogP contribution in [0.1, 0.15) is 39.2 Å². The van der Waals surface area contributed by atoms with E-state index in [2.05, 4.69) is 31.2 Å². The molecule has 36 heavy (non-hydrogen) atoms. The number of hydrogen-bond donors (Lipinski definition) is 2. The molecule has 1 aromatic carbocycles. The van der Waals surface area contributed by atoms with Crippen LogP contribution in [0.3, 0.4) is 0 Å². The lowest BCUT2D eigenvalue weighted by atomic mass is 9.51. The second kappa shape index (κ2) is 9.10. The molecule has 0 spiro atoms. The smallest absolute Gasteiger partial charge is 0.317 e. The minimum Gasteiger partial charge on any atom is -0.461 e. The van der Waals surface area contributed by atoms with Gasteiger partial charge in [0.15, 0.2) is 0 Å². The summed E-state index contributed by atoms with van der Waals surface area (Å²) >= 11 is 0. The lowest BCUT2D eigenvalue weighted by Gasteiger charge is -2.51. The third-order valence-corrected chi connectivity index (χ3v) is 10.3. The van der Waals surface area contributed by atoms with E-state index in [4.69, 9.17) is 4.74 Å². The van der Waals surface area contributed by atoms with Crippen LogP contribution in [0.15, 0.2) is 54.6 Å². The molecule has 4 aliphatic rings. The molecule has 1 aromatic rings. The minimum atomic E-state index is -3.59. The van der Waals surface area contributed by atoms with Crippen molar-refractivity contribution in [1.29, 1.82) is 0 Å². The molecule has 7 heteroatoms. The highest BCUT2D eigenvalue weighted by Gasteiger charge is 2.70. The van der Waals surface area contributed by atoms with Gasteiger partial charge in [-0.15, -0.1) is 0 Å². The summed E-state index contributed by atoms with van der Waals surface area (Å²) in [7, 11) is -3.59. The van der Waals surface area contributed by atoms with Crippen LogP contribution >= 0.6 is 0 Å². The predicted octanol–water partition coefficient (Wildman–Crippen LogP) is 3.73. The van der Waals surface area contributed by atoms with Crippen molar-refractivity contribution >= 4 is 16.0 Å². The summed E-state index contributed by atoms with van der Waals surface area (Å²) in [5.41, 5.74) is 0.510. The van der Waals surface area contributed by atoms with E-state index in [1.807, 2.05) is 43.3 Å². The molecular formula is C29H39NO5S. The molecule has 1 saturated heterocycles. The molecule has 3 aliphatic carbocycles. The van der Waals surface area contributed by atoms with Crippen LogP contribution in [0, 0.1) is 46.8 Å². The highest BCUT2D eigenvalue weighted by Crippen LogP contribution is 2.63. The van der Waals surface area contributed by atoms with E-state index in [0.717, 1.165) is 24.7 Å². The van der Waals surface area contributed by atoms with Crippen LogP contribution in [0.25, 0.3) is 0 Å². The van der Waals surface area contributed by atoms with Gasteiger partial charge < -0.3 is 9.84 Å². The van der Waals surface area contributed by atoms with Crippen LogP contribution in [-0.2, 0) is 26.0 Å². The number of fused-ring (bicyclic) bond motifs is 2. The summed E-state index contributed by atoms with van der Waals surface area (Å²) in [5, 5.41) is 11.6. The van der Waals surface area contributed by atoms with Crippen molar-refractivity contribution in [3.05, 3.63) is 60.2 Å². The quantitative estimate of drug-likeness (QED) is 0.462. The first kappa shape index (κ1) is 25.7. The summed E-state index contributed by atoms with van der Waals surface area (Å²) < 4.78 is 34.3. The fraction of sp³-hybridized carbons (Fsp3) is 0.621. The number of rotatable bonds is 5. The number of carbonyl (C=O) groups excluding carboxylic acids is 1. The molecule has 0 unspecified atom stereocenters. The van der Waals surface area contributed by atoms with Crippen LogP contribution < -0.4 is 4.72 Å². The molecule has 1 aliphatic heterocycles. The van der Waals surface area contributed by atoms with Crippen molar-refractivity contribution in [2.75, 3.05) is 6.26 Å². The molecule has 6 nitrogen and oxygen atoms in total. The maximum Gasteiger partial charge on any atom is 0.317 e. The van der Waals surface area contributed by atoms with Crippen molar-refractivity contribution in [1.82, 2.24) is 4.72 Å². The molecular weight excluding hydrogens is 474 g/mol. The highest BCUT2D eigenvalue weighted by atomic mass is 32.2. The van der Waals surface area contributed by atoms with Crippen LogP contribution in [0.4, 0.5) is 0 Å². The van der Waals surface area contributed by atoms with Crippen molar-refractivity contribution in [3.8, 4) is 0 Å². The molecule has 11 atom stereocenters. The Morgan fingerprint density at radius 1 is 1.19 bits per heavy atom. The van der Waals surface area contributed by atoms with E-state index < -0.39 is 45.5 Å². The van der Waals surface area contributed by atoms with Crippen molar-refractivity contribution in [3.63, 3.8) is 0 Å². The van der Waals surface area contributed by atoms with Gasteiger partial charge in [-0.1, -0.05) is 69.8 Å². The third kappa shape index (κ3) is 4.07. The number of allylic oxidation sites excluding steroid dienone is 1. The Bertz CT molecular complexity index is 1160. The summed E-state index contributed by atoms with van der Waals surface area (Å²) in [4.78, 5) is 13.9. The van der Waals surface area contributed by atoms with Gasteiger partial charge in [0.05, 0.1) is 17.8 Å². The number of nitrogens with one attached hydrogen (secondary N) is 1. The number of esters is 1. The Morgan fingerprint density at radius 2 is 1.89 bits per heavy atom. The van der Waals surface area contributed by atoms with Gasteiger partial charge in [0.2, 0.25) is 10.0 Å². The van der Waals surface area contributed by atoms with Crippen molar-refractivity contribution in [2.45, 2.75) is 58.3 Å². The summed E-state index contributed by atoms with van der Waals surface area (Å²) in [6, 6.07) is 9.16. The number of carbonyl (C=O) groups is 1. The Balaban J connectivity index is 1.67. The molecule has 2 N–H and O–H groups in total. The Labute approximate surface area is 215 Å². The van der Waals surface area contributed by atoms with Gasteiger partial charge in [-0.3, -0.25) is 4.79 Å². The maximum absolute atomic E-state index is 13.9. The van der Waals surface area contributed by atoms with Gasteiger partial charge in [-0.05, 0) is 54.1 Å². The summed E-state index contributed by atoms with van der Waals surface area (Å²) in [6.45, 7) is 10.7. The number of benzene rings is 1. The van der Waals surface area contributed by atoms with Crippen LogP contribution in [-0.4, -0.2) is 44.0 Å². The van der Waals surface area contributed by atoms with Crippen LogP contribution in [0.5, 0.6) is 0 Å². The zero-order valence-electron chi connectivity index (χ0n) is 21.6. The lowest BCUT2D eigenvalue weighted by molar-refractivity contribution is -0.153. The normalized spacial score (nSPS) is 42.8. The number of ether oxygens (including phenoxy) is 1. The zero-order chi connectivity index (χ0) is 26.0. The molecule has 3 fully saturated rings. The second-order valence-corrected chi connectivity index (χ2v) is 13.8. The Hall–Kier alpha value is -1.96. The highest BCUT2D eigenvalue weighted by molar-refractivity contribution is 7.88. The Kier molecular flexibility index (Phi) is 6.49. The van der Waals surface area contributed by atoms with Crippen LogP contribution in [0.2, 0.25) is 0 Å². The number of aliphatic hydroxyl groups excluding tert-OH is 1. The molecule has 2 bridgehead atoms. The average Bonchev–Trinajstić information content (AvgIpc) is 3.00. The third-order valence-electron chi connectivity index (χ3n) is 9.61. The zero-order valence-corrected chi connectivity index (χ0v) is 22.4. The van der Waals surface area contributed by atoms with Gasteiger partial charge in [0, 0.05) is 23.8 Å². The average molecular weight is 514 g/mol. The SMILES string of the molecule is C=C1[C@@H](C)[C@@H]([C@H](Cc2ccccc2)NS(C)(=O)=O)[C@@]23C=C[C@H]4[C@@H](C[C@H](C)C[C@@H]4C)[C@@H](OC2=O)[C@H]3[C@@H]1O. The molecule has 0 amide bonds. The standard InChI is InChI=1S/C29H39NO5S/c1-16-13-17(2)21-11-12-29-24(23(30-36(5,33)34)15-20-9-7-6-8-10-20)18(3)19(4)26(31)25(29)27(22(21)14-16)35-28(29)32/h6-12,16-18,21-27,30-31H,4,13-15H2,1-3,5H3/t16-,17+,18-,21-,22-,23+,24+,25-,26-,27-,29-/m1/s1. The van der Waals surface area contributed by atoms with E-state index in [1.54, 1.807) is 0 Å². The second-order valence-electron chi connectivity index (χ2n) is 12.0. The maximum atomic E-state index is 13.9. The van der Waals surface area contributed by atoms with E-state index in [9.17, 15) is 18.3 Å². The van der Waals surface area contributed by atoms with Gasteiger partial charge in [-0.2, -0.15) is 0 Å². The largest absolute Gasteiger partial charge is 0.461 e. The molecule has 1 heterocycles. The number of hydrogen-bond acceptors (Lipinski definition) is 5. The molecule has 196 valence electrons. The monoisotopic (exact) mass is 513 g/mol. The predicted molar refractivity (Wildman–Crippen MR) is 139 cm³/mol. The fourth-order valence-corrected chi connectivity index (χ4v) is 9.03. The molecule has 0 radical (unpaired) electrons. The number of aliphatic hydroxyl groups is 1. The summed E-state index contributed by atoms with van der Waals surface area (Å²) in [5.74, 6) is -0.229.